The third-order valence-corrected chi connectivity index (χ3v) is 7.99. The van der Waals surface area contributed by atoms with Crippen LogP contribution >= 0.6 is 0 Å². The van der Waals surface area contributed by atoms with E-state index in [1.165, 1.54) is 16.4 Å². The minimum absolute atomic E-state index is 0.0340. The summed E-state index contributed by atoms with van der Waals surface area (Å²) in [6.07, 6.45) is 1.74. The average molecular weight is 493 g/mol. The first-order valence-electron chi connectivity index (χ1n) is 11.0. The molecule has 9 nitrogen and oxygen atoms in total. The van der Waals surface area contributed by atoms with Gasteiger partial charge in [0, 0.05) is 5.39 Å². The number of rotatable bonds is 8. The maximum absolute atomic E-state index is 13.4. The number of carboxylic acids is 1. The van der Waals surface area contributed by atoms with Crippen molar-refractivity contribution in [3.05, 3.63) is 90.1 Å². The molecule has 0 bridgehead atoms. The second kappa shape index (κ2) is 8.81. The molecule has 4 N–H and O–H groups in total. The number of nitrogens with two attached hydrogens (primary N) is 1. The normalized spacial score (nSPS) is 16.5. The van der Waals surface area contributed by atoms with Gasteiger partial charge in [0.15, 0.2) is 5.60 Å². The molecule has 1 aromatic heterocycles. The van der Waals surface area contributed by atoms with Crippen LogP contribution in [-0.2, 0) is 26.8 Å². The number of aliphatic carboxylic acids is 1. The van der Waals surface area contributed by atoms with Crippen molar-refractivity contribution in [2.75, 3.05) is 13.1 Å². The highest BCUT2D eigenvalue weighted by Crippen LogP contribution is 2.40. The van der Waals surface area contributed by atoms with Crippen molar-refractivity contribution in [1.29, 1.82) is 0 Å². The Balaban J connectivity index is 1.41. The molecule has 0 amide bonds. The topological polar surface area (TPSA) is 139 Å². The summed E-state index contributed by atoms with van der Waals surface area (Å²) in [4.78, 5) is 11.2. The van der Waals surface area contributed by atoms with Crippen molar-refractivity contribution in [3.63, 3.8) is 0 Å². The molecule has 0 radical (unpaired) electrons. The molecule has 5 rings (SSSR count). The number of carbonyl (C=O) groups is 1. The van der Waals surface area contributed by atoms with Gasteiger partial charge in [0.2, 0.25) is 10.0 Å². The Bertz CT molecular complexity index is 1480. The molecule has 3 aromatic carbocycles. The van der Waals surface area contributed by atoms with E-state index >= 15 is 0 Å². The van der Waals surface area contributed by atoms with E-state index in [1.807, 2.05) is 48.5 Å². The largest absolute Gasteiger partial charge is 0.480 e. The number of fused-ring (bicyclic) bond motifs is 1. The number of nitrogens with zero attached hydrogens (tertiary/aromatic N) is 2. The standard InChI is InChI=1S/C25H24N4O5S/c26-22(24(30)31)12-17-5-4-8-21(11-17)35(32,33)29-15-25(16-29,19-6-2-1-3-7-19)34-20-9-10-23-18(13-20)14-27-28-23/h1-11,13-14,22H,12,15-16,26H2,(H,27,28)(H,30,31). The fraction of sp³-hybridized carbons (Fsp3) is 0.200. The number of hydrogen-bond acceptors (Lipinski definition) is 6. The number of carboxylic acid groups (broad SMARTS) is 1. The van der Waals surface area contributed by atoms with Gasteiger partial charge in [-0.25, -0.2) is 8.42 Å². The van der Waals surface area contributed by atoms with Crippen LogP contribution in [0.3, 0.4) is 0 Å². The SMILES string of the molecule is NC(Cc1cccc(S(=O)(=O)N2CC(Oc3ccc4[nH]ncc4c3)(c3ccccc3)C2)c1)C(=O)O. The van der Waals surface area contributed by atoms with Crippen LogP contribution in [-0.4, -0.2) is 53.1 Å². The highest BCUT2D eigenvalue weighted by Gasteiger charge is 2.52. The van der Waals surface area contributed by atoms with Gasteiger partial charge in [0.05, 0.1) is 29.7 Å². The molecule has 1 saturated heterocycles. The molecule has 10 heteroatoms. The molecule has 180 valence electrons. The zero-order valence-electron chi connectivity index (χ0n) is 18.7. The number of H-pyrrole nitrogens is 1. The van der Waals surface area contributed by atoms with Gasteiger partial charge in [0.25, 0.3) is 0 Å². The first-order chi connectivity index (χ1) is 16.8. The molecular weight excluding hydrogens is 468 g/mol. The first kappa shape index (κ1) is 23.0. The van der Waals surface area contributed by atoms with E-state index in [4.69, 9.17) is 15.6 Å². The molecule has 35 heavy (non-hydrogen) atoms. The van der Waals surface area contributed by atoms with E-state index in [-0.39, 0.29) is 24.4 Å². The van der Waals surface area contributed by atoms with Crippen molar-refractivity contribution in [2.45, 2.75) is 23.0 Å². The number of hydrogen-bond donors (Lipinski definition) is 3. The molecule has 0 aliphatic carbocycles. The predicted octanol–water partition coefficient (Wildman–Crippen LogP) is 2.50. The zero-order chi connectivity index (χ0) is 24.6. The van der Waals surface area contributed by atoms with Gasteiger partial charge in [-0.1, -0.05) is 42.5 Å². The number of aromatic nitrogens is 2. The summed E-state index contributed by atoms with van der Waals surface area (Å²) in [7, 11) is -3.83. The lowest BCUT2D eigenvalue weighted by molar-refractivity contribution is -0.138. The number of aromatic amines is 1. The Kier molecular flexibility index (Phi) is 5.79. The van der Waals surface area contributed by atoms with Crippen LogP contribution < -0.4 is 10.5 Å². The van der Waals surface area contributed by atoms with Crippen molar-refractivity contribution in [1.82, 2.24) is 14.5 Å². The van der Waals surface area contributed by atoms with Gasteiger partial charge in [-0.3, -0.25) is 9.89 Å². The monoisotopic (exact) mass is 492 g/mol. The van der Waals surface area contributed by atoms with Crippen molar-refractivity contribution in [2.24, 2.45) is 5.73 Å². The van der Waals surface area contributed by atoms with Gasteiger partial charge in [-0.05, 0) is 47.9 Å². The van der Waals surface area contributed by atoms with Crippen molar-refractivity contribution < 1.29 is 23.1 Å². The third kappa shape index (κ3) is 4.39. The Morgan fingerprint density at radius 1 is 1.11 bits per heavy atom. The van der Waals surface area contributed by atoms with E-state index in [0.717, 1.165) is 16.5 Å². The van der Waals surface area contributed by atoms with Crippen LogP contribution in [0.25, 0.3) is 10.9 Å². The third-order valence-electron chi connectivity index (χ3n) is 6.20. The molecule has 0 spiro atoms. The fourth-order valence-corrected chi connectivity index (χ4v) is 5.88. The van der Waals surface area contributed by atoms with Crippen LogP contribution in [0, 0.1) is 0 Å². The molecule has 2 heterocycles. The summed E-state index contributed by atoms with van der Waals surface area (Å²) >= 11 is 0. The Morgan fingerprint density at radius 3 is 2.63 bits per heavy atom. The van der Waals surface area contributed by atoms with Gasteiger partial charge in [0.1, 0.15) is 11.8 Å². The van der Waals surface area contributed by atoms with Gasteiger partial charge >= 0.3 is 5.97 Å². The van der Waals surface area contributed by atoms with Gasteiger partial charge < -0.3 is 15.6 Å². The Labute approximate surface area is 202 Å². The molecule has 1 atom stereocenters. The zero-order valence-corrected chi connectivity index (χ0v) is 19.5. The summed E-state index contributed by atoms with van der Waals surface area (Å²) in [6.45, 7) is 0.253. The smallest absolute Gasteiger partial charge is 0.320 e. The Hall–Kier alpha value is -3.73. The van der Waals surface area contributed by atoms with E-state index in [0.29, 0.717) is 11.3 Å². The predicted molar refractivity (Wildman–Crippen MR) is 129 cm³/mol. The van der Waals surface area contributed by atoms with E-state index in [1.54, 1.807) is 18.3 Å². The summed E-state index contributed by atoms with van der Waals surface area (Å²) in [5, 5.41) is 16.9. The summed E-state index contributed by atoms with van der Waals surface area (Å²) in [5.41, 5.74) is 7.07. The lowest BCUT2D eigenvalue weighted by Gasteiger charge is -2.48. The molecule has 1 aliphatic rings. The highest BCUT2D eigenvalue weighted by molar-refractivity contribution is 7.89. The number of ether oxygens (including phenoxy) is 1. The van der Waals surface area contributed by atoms with Crippen molar-refractivity contribution >= 4 is 26.9 Å². The molecule has 1 aliphatic heterocycles. The Morgan fingerprint density at radius 2 is 1.89 bits per heavy atom. The minimum atomic E-state index is -3.83. The molecule has 1 fully saturated rings. The van der Waals surface area contributed by atoms with Crippen LogP contribution in [0.5, 0.6) is 5.75 Å². The van der Waals surface area contributed by atoms with E-state index in [2.05, 4.69) is 10.2 Å². The van der Waals surface area contributed by atoms with Crippen LogP contribution in [0.1, 0.15) is 11.1 Å². The highest BCUT2D eigenvalue weighted by atomic mass is 32.2. The quantitative estimate of drug-likeness (QED) is 0.343. The van der Waals surface area contributed by atoms with E-state index in [9.17, 15) is 13.2 Å². The lowest BCUT2D eigenvalue weighted by Crippen LogP contribution is -2.64. The van der Waals surface area contributed by atoms with Crippen molar-refractivity contribution in [3.8, 4) is 5.75 Å². The summed E-state index contributed by atoms with van der Waals surface area (Å²) in [6, 6.07) is 20.2. The maximum atomic E-state index is 13.4. The molecule has 1 unspecified atom stereocenters. The average Bonchev–Trinajstić information content (AvgIpc) is 3.29. The second-order valence-corrected chi connectivity index (χ2v) is 10.6. The van der Waals surface area contributed by atoms with Gasteiger partial charge in [-0.15, -0.1) is 0 Å². The molecule has 4 aromatic rings. The molecule has 0 saturated carbocycles. The minimum Gasteiger partial charge on any atom is -0.480 e. The lowest BCUT2D eigenvalue weighted by atomic mass is 9.87. The van der Waals surface area contributed by atoms with Gasteiger partial charge in [-0.2, -0.15) is 9.40 Å². The fourth-order valence-electron chi connectivity index (χ4n) is 4.27. The molecular formula is C25H24N4O5S. The van der Waals surface area contributed by atoms with E-state index < -0.39 is 27.6 Å². The number of nitrogens with one attached hydrogen (secondary N) is 1. The van der Waals surface area contributed by atoms with Crippen LogP contribution in [0.4, 0.5) is 0 Å². The number of benzene rings is 3. The van der Waals surface area contributed by atoms with Crippen LogP contribution in [0.15, 0.2) is 83.9 Å². The number of sulfonamides is 1. The first-order valence-corrected chi connectivity index (χ1v) is 12.5. The van der Waals surface area contributed by atoms with Crippen LogP contribution in [0.2, 0.25) is 0 Å². The second-order valence-electron chi connectivity index (χ2n) is 8.65. The summed E-state index contributed by atoms with van der Waals surface area (Å²) < 4.78 is 34.6. The maximum Gasteiger partial charge on any atom is 0.320 e. The summed E-state index contributed by atoms with van der Waals surface area (Å²) in [5.74, 6) is -0.524.